The number of likely N-dealkylation sites (tertiary alicyclic amines) is 1. The lowest BCUT2D eigenvalue weighted by Gasteiger charge is -2.35. The fourth-order valence-electron chi connectivity index (χ4n) is 2.50. The number of hydrogen-bond donors (Lipinski definition) is 1. The van der Waals surface area contributed by atoms with Gasteiger partial charge in [-0.3, -0.25) is 4.79 Å². The Bertz CT molecular complexity index is 420. The number of carbonyl (C=O) groups is 1. The fraction of sp³-hybridized carbons (Fsp3) is 0.500. The zero-order valence-corrected chi connectivity index (χ0v) is 11.9. The number of amides is 1. The van der Waals surface area contributed by atoms with Gasteiger partial charge in [-0.15, -0.1) is 0 Å². The van der Waals surface area contributed by atoms with Crippen LogP contribution in [0, 0.1) is 0 Å². The summed E-state index contributed by atoms with van der Waals surface area (Å²) in [5.41, 5.74) is 0.580. The van der Waals surface area contributed by atoms with Crippen LogP contribution in [0.3, 0.4) is 0 Å². The standard InChI is InChI=1S/C14H18BrNO2/c15-8-7-12-5-1-2-9-16(12)14(18)11-4-3-6-13(17)10-11/h3-4,6,10,12,17H,1-2,5,7-9H2. The van der Waals surface area contributed by atoms with E-state index >= 15 is 0 Å². The minimum absolute atomic E-state index is 0.0385. The van der Waals surface area contributed by atoms with Crippen LogP contribution in [-0.4, -0.2) is 33.8 Å². The van der Waals surface area contributed by atoms with Gasteiger partial charge in [-0.25, -0.2) is 0 Å². The van der Waals surface area contributed by atoms with E-state index in [0.29, 0.717) is 11.6 Å². The maximum absolute atomic E-state index is 12.4. The molecule has 1 amide bonds. The molecule has 1 unspecified atom stereocenters. The Morgan fingerprint density at radius 1 is 1.44 bits per heavy atom. The average molecular weight is 312 g/mol. The van der Waals surface area contributed by atoms with Crippen molar-refractivity contribution in [3.63, 3.8) is 0 Å². The Morgan fingerprint density at radius 3 is 3.00 bits per heavy atom. The van der Waals surface area contributed by atoms with Crippen molar-refractivity contribution in [3.05, 3.63) is 29.8 Å². The maximum atomic E-state index is 12.4. The van der Waals surface area contributed by atoms with E-state index in [-0.39, 0.29) is 11.7 Å². The van der Waals surface area contributed by atoms with Crippen molar-refractivity contribution < 1.29 is 9.90 Å². The Morgan fingerprint density at radius 2 is 2.28 bits per heavy atom. The van der Waals surface area contributed by atoms with Gasteiger partial charge in [0.25, 0.3) is 5.91 Å². The van der Waals surface area contributed by atoms with E-state index in [2.05, 4.69) is 15.9 Å². The van der Waals surface area contributed by atoms with Crippen molar-refractivity contribution in [2.24, 2.45) is 0 Å². The number of carbonyl (C=O) groups excluding carboxylic acids is 1. The molecule has 0 radical (unpaired) electrons. The number of phenols is 1. The number of piperidine rings is 1. The fourth-order valence-corrected chi connectivity index (χ4v) is 3.03. The lowest BCUT2D eigenvalue weighted by atomic mass is 9.99. The summed E-state index contributed by atoms with van der Waals surface area (Å²) in [5.74, 6) is 0.187. The van der Waals surface area contributed by atoms with Gasteiger partial charge in [0, 0.05) is 23.5 Å². The minimum atomic E-state index is 0.0385. The van der Waals surface area contributed by atoms with Crippen molar-refractivity contribution in [1.29, 1.82) is 0 Å². The molecule has 0 bridgehead atoms. The average Bonchev–Trinajstić information content (AvgIpc) is 2.39. The summed E-state index contributed by atoms with van der Waals surface area (Å²) in [5, 5.41) is 10.4. The summed E-state index contributed by atoms with van der Waals surface area (Å²) in [6.45, 7) is 0.826. The summed E-state index contributed by atoms with van der Waals surface area (Å²) in [7, 11) is 0. The van der Waals surface area contributed by atoms with Crippen molar-refractivity contribution in [3.8, 4) is 5.75 Å². The van der Waals surface area contributed by atoms with E-state index in [9.17, 15) is 9.90 Å². The molecule has 0 aliphatic carbocycles. The van der Waals surface area contributed by atoms with Crippen LogP contribution in [0.4, 0.5) is 0 Å². The van der Waals surface area contributed by atoms with E-state index in [1.165, 1.54) is 6.42 Å². The molecule has 0 saturated carbocycles. The Balaban J connectivity index is 2.15. The Hall–Kier alpha value is -1.03. The summed E-state index contributed by atoms with van der Waals surface area (Å²) in [4.78, 5) is 14.4. The van der Waals surface area contributed by atoms with Gasteiger partial charge in [0.2, 0.25) is 0 Å². The molecule has 1 aliphatic rings. The Kier molecular flexibility index (Phi) is 4.64. The van der Waals surface area contributed by atoms with Gasteiger partial charge in [-0.05, 0) is 43.9 Å². The lowest BCUT2D eigenvalue weighted by molar-refractivity contribution is 0.0609. The zero-order valence-electron chi connectivity index (χ0n) is 10.3. The summed E-state index contributed by atoms with van der Waals surface area (Å²) in [6.07, 6.45) is 4.34. The van der Waals surface area contributed by atoms with Crippen LogP contribution in [0.1, 0.15) is 36.0 Å². The molecule has 2 rings (SSSR count). The molecule has 0 spiro atoms. The number of nitrogens with zero attached hydrogens (tertiary/aromatic N) is 1. The van der Waals surface area contributed by atoms with Crippen LogP contribution in [-0.2, 0) is 0 Å². The van der Waals surface area contributed by atoms with Crippen molar-refractivity contribution >= 4 is 21.8 Å². The number of alkyl halides is 1. The normalized spacial score (nSPS) is 19.8. The van der Waals surface area contributed by atoms with E-state index in [1.54, 1.807) is 24.3 Å². The number of rotatable bonds is 3. The van der Waals surface area contributed by atoms with Crippen LogP contribution >= 0.6 is 15.9 Å². The van der Waals surface area contributed by atoms with E-state index in [0.717, 1.165) is 31.1 Å². The third kappa shape index (κ3) is 3.05. The zero-order chi connectivity index (χ0) is 13.0. The van der Waals surface area contributed by atoms with Gasteiger partial charge in [0.15, 0.2) is 0 Å². The van der Waals surface area contributed by atoms with Gasteiger partial charge < -0.3 is 10.0 Å². The number of halogens is 1. The Labute approximate surface area is 116 Å². The predicted octanol–water partition coefficient (Wildman–Crippen LogP) is 3.17. The molecule has 1 aliphatic heterocycles. The van der Waals surface area contributed by atoms with Gasteiger partial charge >= 0.3 is 0 Å². The van der Waals surface area contributed by atoms with E-state index < -0.39 is 0 Å². The lowest BCUT2D eigenvalue weighted by Crippen LogP contribution is -2.43. The van der Waals surface area contributed by atoms with Crippen molar-refractivity contribution in [2.45, 2.75) is 31.7 Å². The first-order valence-electron chi connectivity index (χ1n) is 6.38. The monoisotopic (exact) mass is 311 g/mol. The van der Waals surface area contributed by atoms with E-state index in [4.69, 9.17) is 0 Å². The first kappa shape index (κ1) is 13.4. The molecule has 1 heterocycles. The highest BCUT2D eigenvalue weighted by Crippen LogP contribution is 2.23. The van der Waals surface area contributed by atoms with Gasteiger partial charge in [-0.2, -0.15) is 0 Å². The van der Waals surface area contributed by atoms with Gasteiger partial charge in [0.05, 0.1) is 0 Å². The predicted molar refractivity (Wildman–Crippen MR) is 75.2 cm³/mol. The largest absolute Gasteiger partial charge is 0.508 e. The molecular formula is C14H18BrNO2. The molecule has 1 fully saturated rings. The molecule has 3 nitrogen and oxygen atoms in total. The molecule has 18 heavy (non-hydrogen) atoms. The highest BCUT2D eigenvalue weighted by molar-refractivity contribution is 9.09. The molecule has 4 heteroatoms. The minimum Gasteiger partial charge on any atom is -0.508 e. The third-order valence-electron chi connectivity index (χ3n) is 3.42. The number of hydrogen-bond acceptors (Lipinski definition) is 2. The van der Waals surface area contributed by atoms with Crippen molar-refractivity contribution in [2.75, 3.05) is 11.9 Å². The van der Waals surface area contributed by atoms with Crippen LogP contribution < -0.4 is 0 Å². The number of benzene rings is 1. The maximum Gasteiger partial charge on any atom is 0.254 e. The first-order valence-corrected chi connectivity index (χ1v) is 7.50. The molecule has 0 aromatic heterocycles. The summed E-state index contributed by atoms with van der Waals surface area (Å²) in [6, 6.07) is 6.94. The number of phenolic OH excluding ortho intramolecular Hbond substituents is 1. The third-order valence-corrected chi connectivity index (χ3v) is 3.88. The SMILES string of the molecule is O=C(c1cccc(O)c1)N1CCCCC1CCBr. The molecule has 1 aromatic carbocycles. The second-order valence-corrected chi connectivity index (χ2v) is 5.47. The van der Waals surface area contributed by atoms with Crippen LogP contribution in [0.25, 0.3) is 0 Å². The van der Waals surface area contributed by atoms with E-state index in [1.807, 2.05) is 4.90 Å². The van der Waals surface area contributed by atoms with Crippen LogP contribution in [0.5, 0.6) is 5.75 Å². The molecule has 1 aromatic rings. The highest BCUT2D eigenvalue weighted by Gasteiger charge is 2.26. The van der Waals surface area contributed by atoms with Gasteiger partial charge in [0.1, 0.15) is 5.75 Å². The number of aromatic hydroxyl groups is 1. The molecule has 1 N–H and O–H groups in total. The van der Waals surface area contributed by atoms with Crippen molar-refractivity contribution in [1.82, 2.24) is 4.90 Å². The second-order valence-electron chi connectivity index (χ2n) is 4.68. The summed E-state index contributed by atoms with van der Waals surface area (Å²) < 4.78 is 0. The molecule has 1 atom stereocenters. The molecule has 98 valence electrons. The smallest absolute Gasteiger partial charge is 0.254 e. The van der Waals surface area contributed by atoms with Gasteiger partial charge in [-0.1, -0.05) is 22.0 Å². The van der Waals surface area contributed by atoms with Crippen LogP contribution in [0.2, 0.25) is 0 Å². The molecular weight excluding hydrogens is 294 g/mol. The summed E-state index contributed by atoms with van der Waals surface area (Å²) >= 11 is 3.45. The topological polar surface area (TPSA) is 40.5 Å². The highest BCUT2D eigenvalue weighted by atomic mass is 79.9. The van der Waals surface area contributed by atoms with Crippen LogP contribution in [0.15, 0.2) is 24.3 Å². The first-order chi connectivity index (χ1) is 8.72. The second kappa shape index (κ2) is 6.23. The molecule has 1 saturated heterocycles. The quantitative estimate of drug-likeness (QED) is 0.871.